The summed E-state index contributed by atoms with van der Waals surface area (Å²) < 4.78 is 28.1. The van der Waals surface area contributed by atoms with Gasteiger partial charge < -0.3 is 10.1 Å². The number of nitriles is 1. The zero-order chi connectivity index (χ0) is 20.7. The van der Waals surface area contributed by atoms with E-state index >= 15 is 0 Å². The van der Waals surface area contributed by atoms with Gasteiger partial charge in [-0.25, -0.2) is 18.4 Å². The molecule has 11 heteroatoms. The number of nitrogens with two attached hydrogens (primary N) is 1. The van der Waals surface area contributed by atoms with Gasteiger partial charge in [-0.3, -0.25) is 4.79 Å². The Morgan fingerprint density at radius 3 is 2.64 bits per heavy atom. The number of para-hydroxylation sites is 1. The van der Waals surface area contributed by atoms with E-state index in [4.69, 9.17) is 15.1 Å². The molecule has 0 fully saturated rings. The predicted molar refractivity (Wildman–Crippen MR) is 107 cm³/mol. The number of sulfonamides is 1. The van der Waals surface area contributed by atoms with Crippen LogP contribution in [0.2, 0.25) is 0 Å². The van der Waals surface area contributed by atoms with Crippen LogP contribution < -0.4 is 10.5 Å². The highest BCUT2D eigenvalue weighted by molar-refractivity contribution is 9.10. The van der Waals surface area contributed by atoms with Crippen molar-refractivity contribution in [1.29, 1.82) is 5.26 Å². The molecule has 0 aliphatic heterocycles. The molecule has 0 saturated carbocycles. The summed E-state index contributed by atoms with van der Waals surface area (Å²) in [7, 11) is -3.99. The number of carbonyl (C=O) groups is 2. The zero-order valence-corrected chi connectivity index (χ0v) is 17.4. The largest absolute Gasteiger partial charge is 0.452 e. The van der Waals surface area contributed by atoms with Crippen molar-refractivity contribution in [2.45, 2.75) is 9.79 Å². The van der Waals surface area contributed by atoms with Gasteiger partial charge in [0.25, 0.3) is 5.91 Å². The molecule has 146 valence electrons. The van der Waals surface area contributed by atoms with Crippen LogP contribution in [0.4, 0.5) is 5.69 Å². The van der Waals surface area contributed by atoms with Crippen LogP contribution in [0.5, 0.6) is 0 Å². The number of halogens is 1. The number of thioether (sulfide) groups is 1. The van der Waals surface area contributed by atoms with Crippen molar-refractivity contribution in [3.63, 3.8) is 0 Å². The first-order valence-corrected chi connectivity index (χ1v) is 10.9. The molecule has 0 bridgehead atoms. The Bertz CT molecular complexity index is 1050. The van der Waals surface area contributed by atoms with Crippen LogP contribution in [-0.2, 0) is 19.6 Å². The maximum absolute atomic E-state index is 12.2. The maximum atomic E-state index is 12.2. The second-order valence-corrected chi connectivity index (χ2v) is 8.69. The number of nitrogens with one attached hydrogen (secondary N) is 1. The lowest BCUT2D eigenvalue weighted by Crippen LogP contribution is -2.21. The van der Waals surface area contributed by atoms with E-state index in [0.717, 1.165) is 6.07 Å². The third-order valence-electron chi connectivity index (χ3n) is 3.27. The Kier molecular flexibility index (Phi) is 7.59. The maximum Gasteiger partial charge on any atom is 0.339 e. The van der Waals surface area contributed by atoms with E-state index < -0.39 is 28.5 Å². The number of hydrogen-bond donors (Lipinski definition) is 2. The number of benzene rings is 2. The monoisotopic (exact) mass is 483 g/mol. The number of ether oxygens (including phenoxy) is 1. The first-order valence-electron chi connectivity index (χ1n) is 7.60. The molecular weight excluding hydrogens is 470 g/mol. The Morgan fingerprint density at radius 1 is 1.25 bits per heavy atom. The number of esters is 1. The van der Waals surface area contributed by atoms with Gasteiger partial charge in [0.05, 0.1) is 28.0 Å². The highest BCUT2D eigenvalue weighted by atomic mass is 79.9. The fraction of sp³-hybridized carbons (Fsp3) is 0.118. The minimum absolute atomic E-state index is 0.0794. The molecule has 2 aromatic rings. The molecule has 2 aromatic carbocycles. The highest BCUT2D eigenvalue weighted by Crippen LogP contribution is 2.26. The molecular formula is C17H14BrN3O5S2. The van der Waals surface area contributed by atoms with E-state index in [1.54, 1.807) is 24.3 Å². The quantitative estimate of drug-likeness (QED) is 0.455. The van der Waals surface area contributed by atoms with Gasteiger partial charge in [-0.1, -0.05) is 12.1 Å². The number of carbonyl (C=O) groups excluding carboxylic acids is 2. The number of primary sulfonamides is 1. The van der Waals surface area contributed by atoms with Crippen molar-refractivity contribution in [3.8, 4) is 6.07 Å². The third-order valence-corrected chi connectivity index (χ3v) is 5.82. The standard InChI is InChI=1S/C17H14BrN3O5S2/c18-13-6-5-11(28(20,24)25)9-12(13)17(23)26-10-16(22)21-14-3-1-2-4-15(14)27-8-7-19/h1-6,9H,8,10H2,(H,21,22)(H2,20,24,25). The van der Waals surface area contributed by atoms with Crippen LogP contribution in [0.15, 0.2) is 56.7 Å². The summed E-state index contributed by atoms with van der Waals surface area (Å²) in [5, 5.41) is 16.3. The first kappa shape index (κ1) is 21.9. The van der Waals surface area contributed by atoms with E-state index in [2.05, 4.69) is 21.2 Å². The summed E-state index contributed by atoms with van der Waals surface area (Å²) in [4.78, 5) is 24.7. The average molecular weight is 484 g/mol. The van der Waals surface area contributed by atoms with E-state index in [1.807, 2.05) is 6.07 Å². The second kappa shape index (κ2) is 9.70. The summed E-state index contributed by atoms with van der Waals surface area (Å²) in [6, 6.07) is 12.5. The SMILES string of the molecule is N#CCSc1ccccc1NC(=O)COC(=O)c1cc(S(N)(=O)=O)ccc1Br. The Balaban J connectivity index is 2.04. The Hall–Kier alpha value is -2.39. The van der Waals surface area contributed by atoms with Gasteiger partial charge in [0.15, 0.2) is 6.61 Å². The van der Waals surface area contributed by atoms with E-state index in [-0.39, 0.29) is 16.2 Å². The second-order valence-electron chi connectivity index (χ2n) is 5.25. The Labute approximate surface area is 174 Å². The molecule has 0 radical (unpaired) electrons. The van der Waals surface area contributed by atoms with Crippen LogP contribution in [0.3, 0.4) is 0 Å². The molecule has 0 saturated heterocycles. The van der Waals surface area contributed by atoms with Gasteiger partial charge in [0.2, 0.25) is 10.0 Å². The predicted octanol–water partition coefficient (Wildman–Crippen LogP) is 2.51. The number of nitrogens with zero attached hydrogens (tertiary/aromatic N) is 1. The summed E-state index contributed by atoms with van der Waals surface area (Å²) in [5.74, 6) is -1.26. The highest BCUT2D eigenvalue weighted by Gasteiger charge is 2.18. The van der Waals surface area contributed by atoms with E-state index in [1.165, 1.54) is 23.9 Å². The molecule has 0 heterocycles. The van der Waals surface area contributed by atoms with Gasteiger partial charge >= 0.3 is 5.97 Å². The van der Waals surface area contributed by atoms with Crippen molar-refractivity contribution in [2.75, 3.05) is 17.7 Å². The Morgan fingerprint density at radius 2 is 1.96 bits per heavy atom. The van der Waals surface area contributed by atoms with Crippen molar-refractivity contribution >= 4 is 55.3 Å². The molecule has 0 aliphatic carbocycles. The van der Waals surface area contributed by atoms with Crippen molar-refractivity contribution in [2.24, 2.45) is 5.14 Å². The summed E-state index contributed by atoms with van der Waals surface area (Å²) in [5.41, 5.74) is 0.408. The zero-order valence-electron chi connectivity index (χ0n) is 14.2. The number of hydrogen-bond acceptors (Lipinski definition) is 7. The van der Waals surface area contributed by atoms with Gasteiger partial charge in [0.1, 0.15) is 0 Å². The molecule has 0 unspecified atom stereocenters. The summed E-state index contributed by atoms with van der Waals surface area (Å²) in [6.45, 7) is -0.581. The van der Waals surface area contributed by atoms with Gasteiger partial charge in [0, 0.05) is 9.37 Å². The number of anilines is 1. The van der Waals surface area contributed by atoms with Crippen molar-refractivity contribution < 1.29 is 22.7 Å². The van der Waals surface area contributed by atoms with Gasteiger partial charge in [-0.15, -0.1) is 11.8 Å². The van der Waals surface area contributed by atoms with Crippen LogP contribution in [0, 0.1) is 11.3 Å². The normalized spacial score (nSPS) is 10.8. The summed E-state index contributed by atoms with van der Waals surface area (Å²) >= 11 is 4.38. The lowest BCUT2D eigenvalue weighted by molar-refractivity contribution is -0.119. The van der Waals surface area contributed by atoms with Gasteiger partial charge in [-0.05, 0) is 46.3 Å². The molecule has 0 spiro atoms. The number of amides is 1. The number of rotatable bonds is 7. The smallest absolute Gasteiger partial charge is 0.339 e. The fourth-order valence-corrected chi connectivity index (χ4v) is 3.66. The van der Waals surface area contributed by atoms with Crippen LogP contribution in [0.1, 0.15) is 10.4 Å². The molecule has 0 aliphatic rings. The molecule has 2 rings (SSSR count). The van der Waals surface area contributed by atoms with Gasteiger partial charge in [-0.2, -0.15) is 5.26 Å². The lowest BCUT2D eigenvalue weighted by atomic mass is 10.2. The van der Waals surface area contributed by atoms with E-state index in [0.29, 0.717) is 15.1 Å². The fourth-order valence-electron chi connectivity index (χ4n) is 2.04. The van der Waals surface area contributed by atoms with Crippen LogP contribution >= 0.6 is 27.7 Å². The minimum atomic E-state index is -3.99. The molecule has 28 heavy (non-hydrogen) atoms. The lowest BCUT2D eigenvalue weighted by Gasteiger charge is -2.11. The van der Waals surface area contributed by atoms with Crippen LogP contribution in [0.25, 0.3) is 0 Å². The molecule has 0 aromatic heterocycles. The molecule has 3 N–H and O–H groups in total. The van der Waals surface area contributed by atoms with E-state index in [9.17, 15) is 18.0 Å². The molecule has 0 atom stereocenters. The minimum Gasteiger partial charge on any atom is -0.452 e. The molecule has 8 nitrogen and oxygen atoms in total. The van der Waals surface area contributed by atoms with Crippen molar-refractivity contribution in [1.82, 2.24) is 0 Å². The third kappa shape index (κ3) is 6.07. The topological polar surface area (TPSA) is 139 Å². The van der Waals surface area contributed by atoms with Crippen molar-refractivity contribution in [3.05, 3.63) is 52.5 Å². The van der Waals surface area contributed by atoms with Crippen LogP contribution in [-0.4, -0.2) is 32.7 Å². The average Bonchev–Trinajstić information content (AvgIpc) is 2.65. The summed E-state index contributed by atoms with van der Waals surface area (Å²) in [6.07, 6.45) is 0. The first-order chi connectivity index (χ1) is 13.2. The molecule has 1 amide bonds.